The highest BCUT2D eigenvalue weighted by atomic mass is 16.5. The smallest absolute Gasteiger partial charge is 0.358 e. The minimum Gasteiger partial charge on any atom is -0.497 e. The third kappa shape index (κ3) is 2.29. The zero-order chi connectivity index (χ0) is 19.1. The van der Waals surface area contributed by atoms with E-state index in [0.29, 0.717) is 17.0 Å². The van der Waals surface area contributed by atoms with E-state index in [1.165, 1.54) is 11.8 Å². The number of nitrogens with two attached hydrogens (primary N) is 1. The Hall–Kier alpha value is -3.99. The summed E-state index contributed by atoms with van der Waals surface area (Å²) in [5.41, 5.74) is 6.10. The summed E-state index contributed by atoms with van der Waals surface area (Å²) in [6.45, 7) is 0. The van der Waals surface area contributed by atoms with Crippen LogP contribution in [0.2, 0.25) is 0 Å². The number of hydrogen-bond donors (Lipinski definition) is 1. The molecule has 134 valence electrons. The summed E-state index contributed by atoms with van der Waals surface area (Å²) in [5, 5.41) is 9.55. The van der Waals surface area contributed by atoms with E-state index in [9.17, 15) is 14.9 Å². The van der Waals surface area contributed by atoms with E-state index in [1.807, 2.05) is 12.1 Å². The molecular formula is C19H15N5O3. The highest BCUT2D eigenvalue weighted by Gasteiger charge is 2.36. The van der Waals surface area contributed by atoms with Gasteiger partial charge in [0.2, 0.25) is 0 Å². The summed E-state index contributed by atoms with van der Waals surface area (Å²) in [6, 6.07) is 16.8. The second-order valence-corrected chi connectivity index (χ2v) is 5.98. The first-order valence-electron chi connectivity index (χ1n) is 8.14. The number of hydrogen-bond acceptors (Lipinski definition) is 5. The number of allylic oxidation sites excluding steroid dienone is 1. The van der Waals surface area contributed by atoms with E-state index in [0.717, 1.165) is 9.25 Å². The highest BCUT2D eigenvalue weighted by Crippen LogP contribution is 2.31. The van der Waals surface area contributed by atoms with Crippen LogP contribution in [0, 0.1) is 11.3 Å². The van der Waals surface area contributed by atoms with E-state index >= 15 is 0 Å². The topological polar surface area (TPSA) is 108 Å². The quantitative estimate of drug-likeness (QED) is 0.750. The molecule has 1 atom stereocenters. The molecule has 0 aliphatic carbocycles. The first-order chi connectivity index (χ1) is 13.1. The number of aromatic nitrogens is 3. The lowest BCUT2D eigenvalue weighted by molar-refractivity contribution is 0.414. The van der Waals surface area contributed by atoms with Crippen LogP contribution in [-0.4, -0.2) is 21.0 Å². The molecule has 27 heavy (non-hydrogen) atoms. The number of ether oxygens (including phenoxy) is 1. The number of benzene rings is 2. The Morgan fingerprint density at radius 3 is 2.30 bits per heavy atom. The van der Waals surface area contributed by atoms with Crippen LogP contribution in [0.4, 0.5) is 0 Å². The van der Waals surface area contributed by atoms with Crippen molar-refractivity contribution in [3.63, 3.8) is 0 Å². The molecular weight excluding hydrogens is 346 g/mol. The van der Waals surface area contributed by atoms with Crippen molar-refractivity contribution in [1.82, 2.24) is 13.9 Å². The zero-order valence-corrected chi connectivity index (χ0v) is 14.4. The summed E-state index contributed by atoms with van der Waals surface area (Å²) in [6.07, 6.45) is 0. The molecule has 2 aromatic carbocycles. The molecule has 4 rings (SSSR count). The minimum absolute atomic E-state index is 0.0410. The van der Waals surface area contributed by atoms with Gasteiger partial charge in [0.05, 0.1) is 12.8 Å². The molecule has 8 heteroatoms. The first-order valence-corrected chi connectivity index (χ1v) is 8.14. The second kappa shape index (κ2) is 6.07. The molecule has 0 saturated carbocycles. The fraction of sp³-hybridized carbons (Fsp3) is 0.105. The van der Waals surface area contributed by atoms with E-state index in [-0.39, 0.29) is 11.4 Å². The summed E-state index contributed by atoms with van der Waals surface area (Å²) in [4.78, 5) is 26.0. The minimum atomic E-state index is -0.754. The van der Waals surface area contributed by atoms with Gasteiger partial charge in [0.15, 0.2) is 0 Å². The van der Waals surface area contributed by atoms with Crippen LogP contribution in [0.1, 0.15) is 11.6 Å². The first kappa shape index (κ1) is 16.5. The van der Waals surface area contributed by atoms with Crippen LogP contribution in [0.3, 0.4) is 0 Å². The number of rotatable bonds is 3. The highest BCUT2D eigenvalue weighted by molar-refractivity contribution is 5.60. The monoisotopic (exact) mass is 361 g/mol. The lowest BCUT2D eigenvalue weighted by Gasteiger charge is -2.12. The zero-order valence-electron chi connectivity index (χ0n) is 14.4. The summed E-state index contributed by atoms with van der Waals surface area (Å²) < 4.78 is 8.41. The predicted octanol–water partition coefficient (Wildman–Crippen LogP) is 1.06. The van der Waals surface area contributed by atoms with Gasteiger partial charge in [-0.15, -0.1) is 0 Å². The molecule has 1 aromatic heterocycles. The maximum Gasteiger partial charge on any atom is 0.358 e. The number of methoxy groups -OCH3 is 1. The van der Waals surface area contributed by atoms with Crippen molar-refractivity contribution in [3.05, 3.63) is 86.7 Å². The maximum absolute atomic E-state index is 13.1. The summed E-state index contributed by atoms with van der Waals surface area (Å²) in [7, 11) is 1.53. The molecule has 8 nitrogen and oxygen atoms in total. The van der Waals surface area contributed by atoms with Crippen LogP contribution in [0.5, 0.6) is 5.75 Å². The summed E-state index contributed by atoms with van der Waals surface area (Å²) >= 11 is 0. The number of nitriles is 1. The van der Waals surface area contributed by atoms with Gasteiger partial charge in [-0.05, 0) is 29.8 Å². The number of fused-ring (bicyclic) bond motifs is 1. The van der Waals surface area contributed by atoms with Crippen LogP contribution in [0.15, 0.2) is 69.8 Å². The molecule has 0 saturated heterocycles. The normalized spacial score (nSPS) is 15.5. The van der Waals surface area contributed by atoms with E-state index < -0.39 is 17.4 Å². The fourth-order valence-corrected chi connectivity index (χ4v) is 3.29. The number of nitrogens with zero attached hydrogens (tertiary/aromatic N) is 4. The molecule has 2 heterocycles. The second-order valence-electron chi connectivity index (χ2n) is 5.98. The van der Waals surface area contributed by atoms with Crippen LogP contribution >= 0.6 is 0 Å². The average molecular weight is 361 g/mol. The van der Waals surface area contributed by atoms with Crippen molar-refractivity contribution in [1.29, 1.82) is 5.26 Å². The third-order valence-corrected chi connectivity index (χ3v) is 4.56. The molecule has 0 radical (unpaired) electrons. The van der Waals surface area contributed by atoms with E-state index in [4.69, 9.17) is 10.5 Å². The van der Waals surface area contributed by atoms with Crippen molar-refractivity contribution in [2.45, 2.75) is 6.04 Å². The van der Waals surface area contributed by atoms with Crippen LogP contribution in [0.25, 0.3) is 11.5 Å². The summed E-state index contributed by atoms with van der Waals surface area (Å²) in [5.74, 6) is 0.563. The standard InChI is InChI=1S/C19H15N5O3/c1-27-14-9-7-13(8-10-14)22-18(25)23-16(12-5-3-2-4-6-12)15(11-20)17(21)24(23)19(22)26/h2-10,16H,21H2,1H3. The Kier molecular flexibility index (Phi) is 3.70. The van der Waals surface area contributed by atoms with Gasteiger partial charge >= 0.3 is 11.4 Å². The van der Waals surface area contributed by atoms with Crippen LogP contribution in [-0.2, 0) is 0 Å². The molecule has 2 N–H and O–H groups in total. The Bertz CT molecular complexity index is 1210. The van der Waals surface area contributed by atoms with Gasteiger partial charge in [-0.25, -0.2) is 18.8 Å². The molecule has 0 fully saturated rings. The van der Waals surface area contributed by atoms with Crippen molar-refractivity contribution >= 4 is 5.82 Å². The van der Waals surface area contributed by atoms with Gasteiger partial charge in [-0.2, -0.15) is 9.94 Å². The molecule has 1 aliphatic rings. The molecule has 0 amide bonds. The average Bonchev–Trinajstić information content (AvgIpc) is 3.14. The Labute approximate surface area is 153 Å². The van der Waals surface area contributed by atoms with Gasteiger partial charge in [-0.1, -0.05) is 30.3 Å². The maximum atomic E-state index is 13.1. The molecule has 1 aliphatic heterocycles. The van der Waals surface area contributed by atoms with Gasteiger partial charge in [-0.3, -0.25) is 0 Å². The third-order valence-electron chi connectivity index (χ3n) is 4.56. The SMILES string of the molecule is COc1ccc(-n2c(=O)n3n(c2=O)C(c2ccccc2)C(C#N)=C3N)cc1. The van der Waals surface area contributed by atoms with Gasteiger partial charge in [0.25, 0.3) is 0 Å². The predicted molar refractivity (Wildman–Crippen MR) is 98.4 cm³/mol. The largest absolute Gasteiger partial charge is 0.497 e. The van der Waals surface area contributed by atoms with Gasteiger partial charge in [0, 0.05) is 0 Å². The fourth-order valence-electron chi connectivity index (χ4n) is 3.29. The van der Waals surface area contributed by atoms with Gasteiger partial charge in [0.1, 0.15) is 29.3 Å². The molecule has 3 aromatic rings. The van der Waals surface area contributed by atoms with Crippen molar-refractivity contribution in [2.24, 2.45) is 5.73 Å². The lowest BCUT2D eigenvalue weighted by Crippen LogP contribution is -2.30. The molecule has 0 spiro atoms. The van der Waals surface area contributed by atoms with Crippen molar-refractivity contribution in [2.75, 3.05) is 7.11 Å². The molecule has 0 bridgehead atoms. The van der Waals surface area contributed by atoms with E-state index in [2.05, 4.69) is 0 Å². The van der Waals surface area contributed by atoms with Crippen molar-refractivity contribution < 1.29 is 4.74 Å². The van der Waals surface area contributed by atoms with Crippen LogP contribution < -0.4 is 21.9 Å². The van der Waals surface area contributed by atoms with Crippen molar-refractivity contribution in [3.8, 4) is 17.5 Å². The van der Waals surface area contributed by atoms with E-state index in [1.54, 1.807) is 48.5 Å². The Morgan fingerprint density at radius 1 is 1.04 bits per heavy atom. The Balaban J connectivity index is 1.99. The van der Waals surface area contributed by atoms with Gasteiger partial charge < -0.3 is 10.5 Å². The lowest BCUT2D eigenvalue weighted by atomic mass is 10.0. The molecule has 1 unspecified atom stereocenters. The Morgan fingerprint density at radius 2 is 1.70 bits per heavy atom.